The largest absolute Gasteiger partial charge is 0.434 e. The van der Waals surface area contributed by atoms with E-state index in [9.17, 15) is 26.7 Å². The maximum absolute atomic E-state index is 13.7. The third-order valence-electron chi connectivity index (χ3n) is 4.40. The molecule has 0 fully saturated rings. The number of imidazole rings is 1. The smallest absolute Gasteiger partial charge is 0.333 e. The first-order chi connectivity index (χ1) is 12.6. The van der Waals surface area contributed by atoms with Crippen LogP contribution in [0.4, 0.5) is 22.0 Å². The number of amides is 1. The van der Waals surface area contributed by atoms with Gasteiger partial charge in [-0.05, 0) is 18.1 Å². The summed E-state index contributed by atoms with van der Waals surface area (Å²) < 4.78 is 66.5. The minimum atomic E-state index is -4.55. The summed E-state index contributed by atoms with van der Waals surface area (Å²) in [5.41, 5.74) is 4.96. The summed E-state index contributed by atoms with van der Waals surface area (Å²) in [5.74, 6) is -2.22. The lowest BCUT2D eigenvalue weighted by atomic mass is 10.0. The number of rotatable bonds is 4. The number of halogens is 5. The van der Waals surface area contributed by atoms with Crippen LogP contribution in [0.15, 0.2) is 24.4 Å². The highest BCUT2D eigenvalue weighted by Crippen LogP contribution is 2.29. The SMILES string of the molecule is N[C@@H](CC(=O)N1CCn2cc(C(F)(F)F)nc2C1)Cc1cccc(F)c1F. The predicted molar refractivity (Wildman–Crippen MR) is 85.3 cm³/mol. The van der Waals surface area contributed by atoms with Gasteiger partial charge in [-0.2, -0.15) is 13.2 Å². The van der Waals surface area contributed by atoms with Gasteiger partial charge in [0.2, 0.25) is 5.91 Å². The van der Waals surface area contributed by atoms with E-state index >= 15 is 0 Å². The molecule has 1 amide bonds. The highest BCUT2D eigenvalue weighted by atomic mass is 19.4. The molecule has 1 aliphatic heterocycles. The molecule has 5 nitrogen and oxygen atoms in total. The summed E-state index contributed by atoms with van der Waals surface area (Å²) in [7, 11) is 0. The minimum absolute atomic E-state index is 0.0317. The molecule has 1 aromatic heterocycles. The van der Waals surface area contributed by atoms with Gasteiger partial charge in [0.05, 0.1) is 6.54 Å². The van der Waals surface area contributed by atoms with E-state index in [-0.39, 0.29) is 49.8 Å². The second-order valence-electron chi connectivity index (χ2n) is 6.43. The lowest BCUT2D eigenvalue weighted by molar-refractivity contribution is -0.141. The summed E-state index contributed by atoms with van der Waals surface area (Å²) in [6.07, 6.45) is -3.79. The van der Waals surface area contributed by atoms with Crippen LogP contribution in [-0.4, -0.2) is 32.9 Å². The minimum Gasteiger partial charge on any atom is -0.333 e. The molecule has 0 bridgehead atoms. The molecule has 2 N–H and O–H groups in total. The van der Waals surface area contributed by atoms with Gasteiger partial charge >= 0.3 is 6.18 Å². The molecule has 0 spiro atoms. The Labute approximate surface area is 151 Å². The highest BCUT2D eigenvalue weighted by molar-refractivity contribution is 5.76. The zero-order chi connectivity index (χ0) is 19.8. The number of hydrogen-bond acceptors (Lipinski definition) is 3. The molecule has 2 heterocycles. The molecule has 10 heteroatoms. The van der Waals surface area contributed by atoms with Gasteiger partial charge in [0.1, 0.15) is 5.82 Å². The van der Waals surface area contributed by atoms with Crippen LogP contribution in [0, 0.1) is 11.6 Å². The zero-order valence-corrected chi connectivity index (χ0v) is 14.1. The van der Waals surface area contributed by atoms with Crippen molar-refractivity contribution >= 4 is 5.91 Å². The molecule has 1 aliphatic rings. The van der Waals surface area contributed by atoms with E-state index in [1.165, 1.54) is 21.6 Å². The summed E-state index contributed by atoms with van der Waals surface area (Å²) in [5, 5.41) is 0. The Hall–Kier alpha value is -2.49. The highest BCUT2D eigenvalue weighted by Gasteiger charge is 2.36. The molecule has 2 aromatic rings. The Morgan fingerprint density at radius 3 is 2.70 bits per heavy atom. The Morgan fingerprint density at radius 1 is 1.26 bits per heavy atom. The Kier molecular flexibility index (Phi) is 5.18. The van der Waals surface area contributed by atoms with Gasteiger partial charge in [-0.25, -0.2) is 13.8 Å². The third-order valence-corrected chi connectivity index (χ3v) is 4.40. The van der Waals surface area contributed by atoms with E-state index in [1.807, 2.05) is 0 Å². The standard InChI is InChI=1S/C17H17F5N4O/c18-12-3-1-2-10(16(12)19)6-11(23)7-15(27)26-5-4-25-8-13(17(20,21)22)24-14(25)9-26/h1-3,8,11H,4-7,9,23H2/t11-/m1/s1. The van der Waals surface area contributed by atoms with E-state index in [1.54, 1.807) is 0 Å². The van der Waals surface area contributed by atoms with Crippen molar-refractivity contribution in [3.8, 4) is 0 Å². The van der Waals surface area contributed by atoms with Gasteiger partial charge in [-0.15, -0.1) is 0 Å². The van der Waals surface area contributed by atoms with Gasteiger partial charge < -0.3 is 15.2 Å². The van der Waals surface area contributed by atoms with Crippen molar-refractivity contribution in [1.29, 1.82) is 0 Å². The second kappa shape index (κ2) is 7.26. The van der Waals surface area contributed by atoms with E-state index in [0.717, 1.165) is 12.3 Å². The van der Waals surface area contributed by atoms with Crippen LogP contribution in [0.2, 0.25) is 0 Å². The second-order valence-corrected chi connectivity index (χ2v) is 6.43. The zero-order valence-electron chi connectivity index (χ0n) is 14.1. The van der Waals surface area contributed by atoms with Gasteiger partial charge in [0.15, 0.2) is 17.3 Å². The monoisotopic (exact) mass is 388 g/mol. The lowest BCUT2D eigenvalue weighted by Crippen LogP contribution is -2.41. The average Bonchev–Trinajstić information content (AvgIpc) is 3.02. The molecule has 0 aliphatic carbocycles. The number of nitrogens with two attached hydrogens (primary N) is 1. The van der Waals surface area contributed by atoms with Crippen molar-refractivity contribution in [1.82, 2.24) is 14.5 Å². The van der Waals surface area contributed by atoms with Crippen molar-refractivity contribution in [3.63, 3.8) is 0 Å². The molecular weight excluding hydrogens is 371 g/mol. The Balaban J connectivity index is 1.62. The number of carbonyl (C=O) groups excluding carboxylic acids is 1. The molecule has 27 heavy (non-hydrogen) atoms. The first kappa shape index (κ1) is 19.3. The summed E-state index contributed by atoms with van der Waals surface area (Å²) >= 11 is 0. The number of benzene rings is 1. The molecular formula is C17H17F5N4O. The Morgan fingerprint density at radius 2 is 2.00 bits per heavy atom. The number of aromatic nitrogens is 2. The molecule has 0 unspecified atom stereocenters. The number of alkyl halides is 3. The van der Waals surface area contributed by atoms with Crippen molar-refractivity contribution in [2.24, 2.45) is 5.73 Å². The first-order valence-electron chi connectivity index (χ1n) is 8.24. The first-order valence-corrected chi connectivity index (χ1v) is 8.24. The fourth-order valence-electron chi connectivity index (χ4n) is 3.02. The normalized spacial score (nSPS) is 15.6. The maximum Gasteiger partial charge on any atom is 0.434 e. The van der Waals surface area contributed by atoms with Crippen LogP contribution in [0.1, 0.15) is 23.5 Å². The van der Waals surface area contributed by atoms with Crippen LogP contribution in [0.25, 0.3) is 0 Å². The average molecular weight is 388 g/mol. The van der Waals surface area contributed by atoms with Gasteiger partial charge in [-0.1, -0.05) is 12.1 Å². The van der Waals surface area contributed by atoms with Crippen LogP contribution in [0.5, 0.6) is 0 Å². The van der Waals surface area contributed by atoms with Gasteiger partial charge in [0, 0.05) is 31.7 Å². The van der Waals surface area contributed by atoms with Crippen molar-refractivity contribution in [2.45, 2.75) is 38.1 Å². The molecule has 3 rings (SSSR count). The number of fused-ring (bicyclic) bond motifs is 1. The Bertz CT molecular complexity index is 848. The van der Waals surface area contributed by atoms with Gasteiger partial charge in [0.25, 0.3) is 0 Å². The fraction of sp³-hybridized carbons (Fsp3) is 0.412. The summed E-state index contributed by atoms with van der Waals surface area (Å²) in [6.45, 7) is 0.356. The van der Waals surface area contributed by atoms with Crippen molar-refractivity contribution in [2.75, 3.05) is 6.54 Å². The molecule has 146 valence electrons. The maximum atomic E-state index is 13.7. The number of nitrogens with zero attached hydrogens (tertiary/aromatic N) is 3. The molecule has 1 aromatic carbocycles. The van der Waals surface area contributed by atoms with Crippen LogP contribution in [0.3, 0.4) is 0 Å². The summed E-state index contributed by atoms with van der Waals surface area (Å²) in [6, 6.07) is 2.98. The third kappa shape index (κ3) is 4.26. The molecule has 0 saturated carbocycles. The van der Waals surface area contributed by atoms with Crippen LogP contribution in [-0.2, 0) is 30.5 Å². The summed E-state index contributed by atoms with van der Waals surface area (Å²) in [4.78, 5) is 17.3. The number of carbonyl (C=O) groups is 1. The quantitative estimate of drug-likeness (QED) is 0.819. The van der Waals surface area contributed by atoms with E-state index < -0.39 is 29.5 Å². The van der Waals surface area contributed by atoms with Crippen molar-refractivity contribution in [3.05, 3.63) is 53.1 Å². The molecule has 1 atom stereocenters. The fourth-order valence-corrected chi connectivity index (χ4v) is 3.02. The van der Waals surface area contributed by atoms with Crippen LogP contribution < -0.4 is 5.73 Å². The van der Waals surface area contributed by atoms with E-state index in [0.29, 0.717) is 0 Å². The van der Waals surface area contributed by atoms with Crippen LogP contribution >= 0.6 is 0 Å². The van der Waals surface area contributed by atoms with Gasteiger partial charge in [-0.3, -0.25) is 4.79 Å². The van der Waals surface area contributed by atoms with E-state index in [4.69, 9.17) is 5.73 Å². The molecule has 0 radical (unpaired) electrons. The van der Waals surface area contributed by atoms with E-state index in [2.05, 4.69) is 4.98 Å². The topological polar surface area (TPSA) is 64.2 Å². The lowest BCUT2D eigenvalue weighted by Gasteiger charge is -2.28. The van der Waals surface area contributed by atoms with Crippen molar-refractivity contribution < 1.29 is 26.7 Å². The number of hydrogen-bond donors (Lipinski definition) is 1. The molecule has 0 saturated heterocycles. The predicted octanol–water partition coefficient (Wildman–Crippen LogP) is 2.48.